The minimum absolute atomic E-state index is 0.00270. The molecule has 2 unspecified atom stereocenters. The minimum atomic E-state index is -0.772. The predicted molar refractivity (Wildman–Crippen MR) is 84.2 cm³/mol. The lowest BCUT2D eigenvalue weighted by molar-refractivity contribution is -0.141. The number of aliphatic carboxylic acids is 1. The number of benzene rings is 1. The zero-order valence-electron chi connectivity index (χ0n) is 11.9. The average Bonchev–Trinajstić information content (AvgIpc) is 3.13. The van der Waals surface area contributed by atoms with E-state index >= 15 is 0 Å². The summed E-state index contributed by atoms with van der Waals surface area (Å²) < 4.78 is 0. The van der Waals surface area contributed by atoms with Crippen LogP contribution in [0.4, 0.5) is 0 Å². The van der Waals surface area contributed by atoms with E-state index in [1.807, 2.05) is 12.1 Å². The predicted octanol–water partition coefficient (Wildman–Crippen LogP) is 3.47. The van der Waals surface area contributed by atoms with Crippen LogP contribution >= 0.6 is 23.2 Å². The van der Waals surface area contributed by atoms with Gasteiger partial charge in [-0.15, -0.1) is 0 Å². The van der Waals surface area contributed by atoms with Gasteiger partial charge in [0.25, 0.3) is 0 Å². The summed E-state index contributed by atoms with van der Waals surface area (Å²) in [5.74, 6) is -1.07. The average molecular weight is 342 g/mol. The molecule has 0 aromatic heterocycles. The number of carbonyl (C=O) groups is 2. The first kappa shape index (κ1) is 15.6. The molecule has 0 bridgehead atoms. The number of rotatable bonds is 4. The van der Waals surface area contributed by atoms with E-state index in [9.17, 15) is 9.59 Å². The number of hydrogen-bond acceptors (Lipinski definition) is 2. The van der Waals surface area contributed by atoms with Gasteiger partial charge in [-0.1, -0.05) is 35.3 Å². The van der Waals surface area contributed by atoms with E-state index in [1.54, 1.807) is 6.07 Å². The quantitative estimate of drug-likeness (QED) is 0.881. The second-order valence-corrected chi connectivity index (χ2v) is 6.93. The Morgan fingerprint density at radius 2 is 1.95 bits per heavy atom. The maximum Gasteiger partial charge on any atom is 0.306 e. The summed E-state index contributed by atoms with van der Waals surface area (Å²) in [5.41, 5.74) is 0.921. The minimum Gasteiger partial charge on any atom is -0.481 e. The molecule has 2 N–H and O–H groups in total. The summed E-state index contributed by atoms with van der Waals surface area (Å²) in [6.07, 6.45) is 2.66. The zero-order valence-corrected chi connectivity index (χ0v) is 13.4. The van der Waals surface area contributed by atoms with Crippen LogP contribution in [0.5, 0.6) is 0 Å². The fraction of sp³-hybridized carbons (Fsp3) is 0.500. The van der Waals surface area contributed by atoms with Crippen molar-refractivity contribution in [3.8, 4) is 0 Å². The Bertz CT molecular complexity index is 619. The molecule has 22 heavy (non-hydrogen) atoms. The van der Waals surface area contributed by atoms with Crippen molar-refractivity contribution >= 4 is 35.1 Å². The van der Waals surface area contributed by atoms with Crippen LogP contribution in [0, 0.1) is 11.8 Å². The molecule has 2 aliphatic carbocycles. The van der Waals surface area contributed by atoms with Crippen LogP contribution in [-0.2, 0) is 9.59 Å². The molecule has 1 amide bonds. The van der Waals surface area contributed by atoms with Crippen LogP contribution in [0.25, 0.3) is 0 Å². The van der Waals surface area contributed by atoms with Crippen molar-refractivity contribution in [1.29, 1.82) is 0 Å². The van der Waals surface area contributed by atoms with Gasteiger partial charge in [-0.2, -0.15) is 0 Å². The summed E-state index contributed by atoms with van der Waals surface area (Å²) in [6.45, 7) is 0. The van der Waals surface area contributed by atoms with Gasteiger partial charge in [0.05, 0.1) is 16.0 Å². The van der Waals surface area contributed by atoms with Gasteiger partial charge in [-0.25, -0.2) is 0 Å². The molecular formula is C16H17Cl2NO3. The second-order valence-electron chi connectivity index (χ2n) is 6.15. The number of halogens is 2. The lowest BCUT2D eigenvalue weighted by atomic mass is 10.1. The molecule has 118 valence electrons. The third-order valence-corrected chi connectivity index (χ3v) is 5.47. The summed E-state index contributed by atoms with van der Waals surface area (Å²) in [5, 5.41) is 13.0. The maximum atomic E-state index is 12.3. The first-order valence-electron chi connectivity index (χ1n) is 7.44. The van der Waals surface area contributed by atoms with Crippen LogP contribution in [-0.4, -0.2) is 23.0 Å². The first-order chi connectivity index (χ1) is 10.5. The Labute approximate surface area is 138 Å². The molecule has 2 aliphatic rings. The molecule has 4 nitrogen and oxygen atoms in total. The Balaban J connectivity index is 1.57. The lowest BCUT2D eigenvalue weighted by Gasteiger charge is -2.12. The fourth-order valence-corrected chi connectivity index (χ4v) is 3.73. The van der Waals surface area contributed by atoms with Crippen molar-refractivity contribution in [1.82, 2.24) is 5.32 Å². The smallest absolute Gasteiger partial charge is 0.306 e. The summed E-state index contributed by atoms with van der Waals surface area (Å²) in [7, 11) is 0. The normalized spacial score (nSPS) is 30.1. The Morgan fingerprint density at radius 3 is 2.64 bits per heavy atom. The largest absolute Gasteiger partial charge is 0.481 e. The van der Waals surface area contributed by atoms with Crippen molar-refractivity contribution in [2.75, 3.05) is 0 Å². The van der Waals surface area contributed by atoms with Gasteiger partial charge in [0.1, 0.15) is 0 Å². The number of carboxylic acids is 1. The highest BCUT2D eigenvalue weighted by Gasteiger charge is 2.46. The van der Waals surface area contributed by atoms with Crippen molar-refractivity contribution < 1.29 is 14.7 Å². The van der Waals surface area contributed by atoms with Gasteiger partial charge < -0.3 is 10.4 Å². The maximum absolute atomic E-state index is 12.3. The van der Waals surface area contributed by atoms with E-state index in [0.29, 0.717) is 22.9 Å². The fourth-order valence-electron chi connectivity index (χ4n) is 3.28. The molecular weight excluding hydrogens is 325 g/mol. The van der Waals surface area contributed by atoms with Gasteiger partial charge in [0, 0.05) is 12.0 Å². The van der Waals surface area contributed by atoms with E-state index in [0.717, 1.165) is 18.4 Å². The van der Waals surface area contributed by atoms with Crippen molar-refractivity contribution in [2.24, 2.45) is 11.8 Å². The van der Waals surface area contributed by atoms with E-state index in [4.69, 9.17) is 28.3 Å². The molecule has 0 heterocycles. The molecule has 0 saturated heterocycles. The number of carboxylic acid groups (broad SMARTS) is 1. The summed E-state index contributed by atoms with van der Waals surface area (Å²) in [4.78, 5) is 23.2. The SMILES string of the molecule is O=C(N[C@H]1CC[C@@H](C(=O)O)C1)C1CC1c1cccc(Cl)c1Cl. The molecule has 1 aromatic rings. The van der Waals surface area contributed by atoms with Gasteiger partial charge in [-0.05, 0) is 43.2 Å². The van der Waals surface area contributed by atoms with Crippen LogP contribution in [0.3, 0.4) is 0 Å². The molecule has 2 saturated carbocycles. The monoisotopic (exact) mass is 341 g/mol. The standard InChI is InChI=1S/C16H17Cl2NO3/c17-13-3-1-2-10(14(13)18)11-7-12(11)15(20)19-9-5-4-8(6-9)16(21)22/h1-3,8-9,11-12H,4-7H2,(H,19,20)(H,21,22)/t8-,9+,11?,12?/m1/s1. The van der Waals surface area contributed by atoms with Crippen LogP contribution in [0.1, 0.15) is 37.2 Å². The van der Waals surface area contributed by atoms with E-state index in [2.05, 4.69) is 5.32 Å². The Kier molecular flexibility index (Phi) is 4.33. The molecule has 0 radical (unpaired) electrons. The molecule has 0 spiro atoms. The van der Waals surface area contributed by atoms with Crippen molar-refractivity contribution in [3.05, 3.63) is 33.8 Å². The first-order valence-corrected chi connectivity index (χ1v) is 8.20. The zero-order chi connectivity index (χ0) is 15.9. The highest BCUT2D eigenvalue weighted by atomic mass is 35.5. The third-order valence-electron chi connectivity index (χ3n) is 4.64. The molecule has 0 aliphatic heterocycles. The number of carbonyl (C=O) groups excluding carboxylic acids is 1. The highest BCUT2D eigenvalue weighted by molar-refractivity contribution is 6.42. The summed E-state index contributed by atoms with van der Waals surface area (Å²) in [6, 6.07) is 5.45. The van der Waals surface area contributed by atoms with Gasteiger partial charge in [-0.3, -0.25) is 9.59 Å². The Hall–Kier alpha value is -1.26. The summed E-state index contributed by atoms with van der Waals surface area (Å²) >= 11 is 12.2. The lowest BCUT2D eigenvalue weighted by Crippen LogP contribution is -2.34. The van der Waals surface area contributed by atoms with E-state index < -0.39 is 5.97 Å². The molecule has 3 rings (SSSR count). The van der Waals surface area contributed by atoms with E-state index in [1.165, 1.54) is 0 Å². The molecule has 1 aromatic carbocycles. The number of hydrogen-bond donors (Lipinski definition) is 2. The van der Waals surface area contributed by atoms with Crippen LogP contribution in [0.2, 0.25) is 10.0 Å². The van der Waals surface area contributed by atoms with Gasteiger partial charge in [0.15, 0.2) is 0 Å². The molecule has 4 atom stereocenters. The molecule has 6 heteroatoms. The van der Waals surface area contributed by atoms with Gasteiger partial charge in [0.2, 0.25) is 5.91 Å². The second kappa shape index (κ2) is 6.09. The Morgan fingerprint density at radius 1 is 1.18 bits per heavy atom. The van der Waals surface area contributed by atoms with Crippen LogP contribution in [0.15, 0.2) is 18.2 Å². The van der Waals surface area contributed by atoms with Crippen molar-refractivity contribution in [3.63, 3.8) is 0 Å². The molecule has 2 fully saturated rings. The number of nitrogens with one attached hydrogen (secondary N) is 1. The van der Waals surface area contributed by atoms with Crippen LogP contribution < -0.4 is 5.32 Å². The van der Waals surface area contributed by atoms with Crippen molar-refractivity contribution in [2.45, 2.75) is 37.6 Å². The van der Waals surface area contributed by atoms with Gasteiger partial charge >= 0.3 is 5.97 Å². The number of amides is 1. The topological polar surface area (TPSA) is 66.4 Å². The highest BCUT2D eigenvalue weighted by Crippen LogP contribution is 2.50. The third kappa shape index (κ3) is 3.08. The van der Waals surface area contributed by atoms with E-state index in [-0.39, 0.29) is 29.7 Å².